The van der Waals surface area contributed by atoms with E-state index >= 15 is 0 Å². The minimum atomic E-state index is -0.133. The lowest BCUT2D eigenvalue weighted by molar-refractivity contribution is 0.103. The van der Waals surface area contributed by atoms with Gasteiger partial charge in [-0.15, -0.1) is 11.3 Å². The van der Waals surface area contributed by atoms with Gasteiger partial charge in [0, 0.05) is 11.9 Å². The largest absolute Gasteiger partial charge is 0.304 e. The molecule has 1 N–H and O–H groups in total. The van der Waals surface area contributed by atoms with E-state index in [1.54, 1.807) is 0 Å². The van der Waals surface area contributed by atoms with Crippen molar-refractivity contribution in [2.75, 3.05) is 5.32 Å². The number of nitrogens with zero attached hydrogens (tertiary/aromatic N) is 3. The number of pyridine rings is 1. The fourth-order valence-electron chi connectivity index (χ4n) is 3.06. The average Bonchev–Trinajstić information content (AvgIpc) is 3.28. The maximum atomic E-state index is 12.5. The van der Waals surface area contributed by atoms with E-state index in [4.69, 9.17) is 4.98 Å². The average molecular weight is 364 g/mol. The summed E-state index contributed by atoms with van der Waals surface area (Å²) < 4.78 is 1.91. The molecular weight excluding hydrogens is 344 g/mol. The molecule has 0 atom stereocenters. The Balaban J connectivity index is 1.84. The number of fused-ring (bicyclic) bond motifs is 2. The van der Waals surface area contributed by atoms with Crippen LogP contribution in [0.5, 0.6) is 0 Å². The summed E-state index contributed by atoms with van der Waals surface area (Å²) in [5, 5.41) is 11.4. The summed E-state index contributed by atoms with van der Waals surface area (Å²) in [5.74, 6) is 0.441. The maximum absolute atomic E-state index is 12.5. The second-order valence-corrected chi connectivity index (χ2v) is 7.31. The van der Waals surface area contributed by atoms with Crippen LogP contribution in [0.4, 0.5) is 5.82 Å². The van der Waals surface area contributed by atoms with Crippen LogP contribution >= 0.6 is 11.3 Å². The molecule has 6 heteroatoms. The van der Waals surface area contributed by atoms with Crippen molar-refractivity contribution in [1.82, 2.24) is 14.8 Å². The normalized spacial score (nSPS) is 11.3. The molecule has 0 aliphatic rings. The summed E-state index contributed by atoms with van der Waals surface area (Å²) in [6, 6.07) is 11.9. The monoisotopic (exact) mass is 364 g/mol. The Kier molecular flexibility index (Phi) is 4.42. The van der Waals surface area contributed by atoms with Gasteiger partial charge in [-0.25, -0.2) is 9.67 Å². The van der Waals surface area contributed by atoms with Gasteiger partial charge in [-0.1, -0.05) is 37.6 Å². The summed E-state index contributed by atoms with van der Waals surface area (Å²) in [6.07, 6.45) is 2.09. The molecule has 0 fully saturated rings. The number of aromatic nitrogens is 3. The second-order valence-electron chi connectivity index (χ2n) is 6.36. The Hall–Kier alpha value is -2.73. The maximum Gasteiger partial charge on any atom is 0.266 e. The number of carbonyl (C=O) groups is 1. The van der Waals surface area contributed by atoms with Crippen LogP contribution in [0.25, 0.3) is 21.9 Å². The van der Waals surface area contributed by atoms with E-state index < -0.39 is 0 Å². The summed E-state index contributed by atoms with van der Waals surface area (Å²) in [5.41, 5.74) is 2.94. The molecule has 4 aromatic rings. The van der Waals surface area contributed by atoms with E-state index in [0.29, 0.717) is 10.7 Å². The van der Waals surface area contributed by atoms with Crippen molar-refractivity contribution in [3.8, 4) is 0 Å². The number of hydrogen-bond donors (Lipinski definition) is 1. The van der Waals surface area contributed by atoms with E-state index in [0.717, 1.165) is 46.9 Å². The van der Waals surface area contributed by atoms with E-state index in [-0.39, 0.29) is 5.91 Å². The first-order valence-electron chi connectivity index (χ1n) is 8.79. The van der Waals surface area contributed by atoms with Gasteiger partial charge >= 0.3 is 0 Å². The van der Waals surface area contributed by atoms with Gasteiger partial charge in [-0.05, 0) is 36.4 Å². The smallest absolute Gasteiger partial charge is 0.266 e. The first kappa shape index (κ1) is 16.7. The third kappa shape index (κ3) is 2.97. The van der Waals surface area contributed by atoms with Crippen molar-refractivity contribution in [2.24, 2.45) is 0 Å². The molecule has 4 rings (SSSR count). The highest BCUT2D eigenvalue weighted by Crippen LogP contribution is 2.28. The molecule has 132 valence electrons. The van der Waals surface area contributed by atoms with Gasteiger partial charge in [0.25, 0.3) is 5.91 Å². The minimum Gasteiger partial charge on any atom is -0.304 e. The number of aryl methyl sites for hydroxylation is 2. The zero-order chi connectivity index (χ0) is 18.1. The van der Waals surface area contributed by atoms with Crippen LogP contribution in [-0.2, 0) is 6.54 Å². The SMILES string of the molecule is CCCCn1nc(NC(=O)c2cccs2)c2cc3cccc(C)c3nc21. The van der Waals surface area contributed by atoms with Gasteiger partial charge < -0.3 is 5.32 Å². The molecular formula is C20H20N4OS. The molecule has 1 amide bonds. The quantitative estimate of drug-likeness (QED) is 0.542. The van der Waals surface area contributed by atoms with Gasteiger partial charge in [0.15, 0.2) is 11.5 Å². The van der Waals surface area contributed by atoms with Crippen LogP contribution in [0.1, 0.15) is 35.0 Å². The molecule has 0 unspecified atom stereocenters. The van der Waals surface area contributed by atoms with Crippen LogP contribution in [0.3, 0.4) is 0 Å². The first-order valence-corrected chi connectivity index (χ1v) is 9.67. The summed E-state index contributed by atoms with van der Waals surface area (Å²) in [7, 11) is 0. The van der Waals surface area contributed by atoms with E-state index in [1.807, 2.05) is 34.3 Å². The number of anilines is 1. The number of benzene rings is 1. The van der Waals surface area contributed by atoms with Crippen molar-refractivity contribution < 1.29 is 4.79 Å². The minimum absolute atomic E-state index is 0.133. The predicted octanol–water partition coefficient (Wildman–Crippen LogP) is 5.01. The number of carbonyl (C=O) groups excluding carboxylic acids is 1. The van der Waals surface area contributed by atoms with Gasteiger partial charge in [0.1, 0.15) is 0 Å². The molecule has 0 saturated carbocycles. The van der Waals surface area contributed by atoms with Gasteiger partial charge in [0.2, 0.25) is 0 Å². The lowest BCUT2D eigenvalue weighted by atomic mass is 10.1. The Bertz CT molecular complexity index is 1080. The molecule has 1 aromatic carbocycles. The third-order valence-electron chi connectivity index (χ3n) is 4.45. The van der Waals surface area contributed by atoms with Crippen molar-refractivity contribution in [3.05, 3.63) is 52.2 Å². The lowest BCUT2D eigenvalue weighted by Gasteiger charge is -2.04. The third-order valence-corrected chi connectivity index (χ3v) is 5.32. The van der Waals surface area contributed by atoms with Crippen molar-refractivity contribution in [3.63, 3.8) is 0 Å². The molecule has 26 heavy (non-hydrogen) atoms. The Morgan fingerprint density at radius 1 is 1.27 bits per heavy atom. The Morgan fingerprint density at radius 2 is 2.15 bits per heavy atom. The van der Waals surface area contributed by atoms with Gasteiger partial charge in [0.05, 0.1) is 15.8 Å². The Morgan fingerprint density at radius 3 is 2.92 bits per heavy atom. The number of thiophene rings is 1. The number of rotatable bonds is 5. The van der Waals surface area contributed by atoms with Crippen molar-refractivity contribution in [1.29, 1.82) is 0 Å². The van der Waals surface area contributed by atoms with Crippen LogP contribution in [0.2, 0.25) is 0 Å². The van der Waals surface area contributed by atoms with E-state index in [9.17, 15) is 4.79 Å². The second kappa shape index (κ2) is 6.88. The van der Waals surface area contributed by atoms with Gasteiger partial charge in [-0.3, -0.25) is 4.79 Å². The van der Waals surface area contributed by atoms with Crippen LogP contribution in [0, 0.1) is 6.92 Å². The summed E-state index contributed by atoms with van der Waals surface area (Å²) in [6.45, 7) is 5.00. The van der Waals surface area contributed by atoms with E-state index in [2.05, 4.69) is 36.4 Å². The van der Waals surface area contributed by atoms with Crippen LogP contribution < -0.4 is 5.32 Å². The van der Waals surface area contributed by atoms with Crippen LogP contribution in [0.15, 0.2) is 41.8 Å². The molecule has 0 aliphatic carbocycles. The predicted molar refractivity (Wildman–Crippen MR) is 107 cm³/mol. The highest BCUT2D eigenvalue weighted by molar-refractivity contribution is 7.12. The zero-order valence-electron chi connectivity index (χ0n) is 14.8. The molecule has 3 heterocycles. The van der Waals surface area contributed by atoms with Crippen molar-refractivity contribution >= 4 is 45.0 Å². The molecule has 0 spiro atoms. The summed E-state index contributed by atoms with van der Waals surface area (Å²) >= 11 is 1.42. The molecule has 0 aliphatic heterocycles. The summed E-state index contributed by atoms with van der Waals surface area (Å²) in [4.78, 5) is 18.0. The molecule has 5 nitrogen and oxygen atoms in total. The molecule has 0 saturated heterocycles. The number of amides is 1. The fraction of sp³-hybridized carbons (Fsp3) is 0.250. The number of unbranched alkanes of at least 4 members (excludes halogenated alkanes) is 1. The highest BCUT2D eigenvalue weighted by atomic mass is 32.1. The molecule has 0 bridgehead atoms. The zero-order valence-corrected chi connectivity index (χ0v) is 15.6. The highest BCUT2D eigenvalue weighted by Gasteiger charge is 2.17. The standard InChI is InChI=1S/C20H20N4OS/c1-3-4-10-24-19-15(12-14-8-5-7-13(2)17(14)21-19)18(23-24)22-20(25)16-9-6-11-26-16/h5-9,11-12H,3-4,10H2,1-2H3,(H,22,23,25). The fourth-order valence-corrected chi connectivity index (χ4v) is 3.68. The van der Waals surface area contributed by atoms with E-state index in [1.165, 1.54) is 11.3 Å². The van der Waals surface area contributed by atoms with Crippen molar-refractivity contribution in [2.45, 2.75) is 33.2 Å². The van der Waals surface area contributed by atoms with Crippen LogP contribution in [-0.4, -0.2) is 20.7 Å². The molecule has 3 aromatic heterocycles. The van der Waals surface area contributed by atoms with Gasteiger partial charge in [-0.2, -0.15) is 5.10 Å². The lowest BCUT2D eigenvalue weighted by Crippen LogP contribution is -2.11. The first-order chi connectivity index (χ1) is 12.7. The Labute approximate surface area is 155 Å². The number of nitrogens with one attached hydrogen (secondary N) is 1. The number of para-hydroxylation sites is 1. The number of hydrogen-bond acceptors (Lipinski definition) is 4. The molecule has 0 radical (unpaired) electrons. The topological polar surface area (TPSA) is 59.8 Å².